The highest BCUT2D eigenvalue weighted by Gasteiger charge is 2.44. The Morgan fingerprint density at radius 2 is 2.36 bits per heavy atom. The molecule has 0 aromatic rings. The molecule has 1 aliphatic carbocycles. The second-order valence-corrected chi connectivity index (χ2v) is 3.93. The lowest BCUT2D eigenvalue weighted by molar-refractivity contribution is -0.0505. The van der Waals surface area contributed by atoms with Crippen molar-refractivity contribution in [3.05, 3.63) is 0 Å². The van der Waals surface area contributed by atoms with Gasteiger partial charge in [0.15, 0.2) is 0 Å². The lowest BCUT2D eigenvalue weighted by Gasteiger charge is -2.33. The van der Waals surface area contributed by atoms with Crippen molar-refractivity contribution in [1.82, 2.24) is 0 Å². The molecule has 0 spiro atoms. The summed E-state index contributed by atoms with van der Waals surface area (Å²) in [6.07, 6.45) is 5.09. The van der Waals surface area contributed by atoms with Crippen LogP contribution in [0, 0.1) is 5.92 Å². The van der Waals surface area contributed by atoms with Crippen molar-refractivity contribution < 1.29 is 4.84 Å². The first kappa shape index (κ1) is 7.14. The fourth-order valence-corrected chi connectivity index (χ4v) is 2.30. The highest BCUT2D eigenvalue weighted by Crippen LogP contribution is 2.41. The monoisotopic (exact) mass is 153 g/mol. The summed E-state index contributed by atoms with van der Waals surface area (Å²) in [5.74, 6) is 0.608. The minimum Gasteiger partial charge on any atom is -0.389 e. The first-order valence-electron chi connectivity index (χ1n) is 4.45. The zero-order valence-corrected chi connectivity index (χ0v) is 7.26. The third-order valence-electron chi connectivity index (χ3n) is 3.06. The predicted molar refractivity (Wildman–Crippen MR) is 44.6 cm³/mol. The fraction of sp³-hybridized carbons (Fsp3) is 0.889. The van der Waals surface area contributed by atoms with Gasteiger partial charge in [-0.3, -0.25) is 0 Å². The van der Waals surface area contributed by atoms with Crippen LogP contribution in [-0.2, 0) is 4.84 Å². The van der Waals surface area contributed by atoms with Gasteiger partial charge in [0, 0.05) is 5.92 Å². The summed E-state index contributed by atoms with van der Waals surface area (Å²) in [5.41, 5.74) is 1.26. The summed E-state index contributed by atoms with van der Waals surface area (Å²) in [5, 5.41) is 4.07. The number of oxime groups is 1. The highest BCUT2D eigenvalue weighted by molar-refractivity contribution is 5.86. The maximum Gasteiger partial charge on any atom is 0.143 e. The van der Waals surface area contributed by atoms with Crippen LogP contribution in [0.5, 0.6) is 0 Å². The molecule has 0 aromatic heterocycles. The molecule has 0 saturated heterocycles. The van der Waals surface area contributed by atoms with E-state index in [0.717, 1.165) is 0 Å². The van der Waals surface area contributed by atoms with Crippen LogP contribution < -0.4 is 0 Å². The molecule has 0 aromatic carbocycles. The summed E-state index contributed by atoms with van der Waals surface area (Å²) < 4.78 is 0. The largest absolute Gasteiger partial charge is 0.389 e. The Balaban J connectivity index is 2.20. The van der Waals surface area contributed by atoms with Crippen LogP contribution in [0.25, 0.3) is 0 Å². The molecule has 0 amide bonds. The summed E-state index contributed by atoms with van der Waals surface area (Å²) in [7, 11) is 0. The molecule has 1 saturated carbocycles. The van der Waals surface area contributed by atoms with Crippen molar-refractivity contribution in [2.24, 2.45) is 11.1 Å². The molecule has 2 nitrogen and oxygen atoms in total. The molecule has 62 valence electrons. The summed E-state index contributed by atoms with van der Waals surface area (Å²) in [6, 6.07) is 0. The van der Waals surface area contributed by atoms with Crippen molar-refractivity contribution in [2.45, 2.75) is 45.1 Å². The average molecular weight is 153 g/mol. The average Bonchev–Trinajstić information content (AvgIpc) is 2.29. The van der Waals surface area contributed by atoms with Gasteiger partial charge in [-0.25, -0.2) is 0 Å². The van der Waals surface area contributed by atoms with E-state index in [4.69, 9.17) is 4.84 Å². The summed E-state index contributed by atoms with van der Waals surface area (Å²) in [6.45, 7) is 4.28. The second-order valence-electron chi connectivity index (χ2n) is 3.93. The Morgan fingerprint density at radius 1 is 1.55 bits per heavy atom. The maximum atomic E-state index is 5.44. The topological polar surface area (TPSA) is 21.6 Å². The predicted octanol–water partition coefficient (Wildman–Crippen LogP) is 2.34. The highest BCUT2D eigenvalue weighted by atomic mass is 16.7. The van der Waals surface area contributed by atoms with E-state index in [1.54, 1.807) is 0 Å². The molecule has 0 radical (unpaired) electrons. The van der Waals surface area contributed by atoms with Crippen LogP contribution in [-0.4, -0.2) is 11.3 Å². The number of rotatable bonds is 0. The maximum absolute atomic E-state index is 5.44. The van der Waals surface area contributed by atoms with Crippen molar-refractivity contribution in [1.29, 1.82) is 0 Å². The van der Waals surface area contributed by atoms with Gasteiger partial charge in [0.05, 0.1) is 5.71 Å². The summed E-state index contributed by atoms with van der Waals surface area (Å²) in [4.78, 5) is 5.44. The molecule has 1 unspecified atom stereocenters. The number of hydrogen-bond acceptors (Lipinski definition) is 2. The molecule has 2 atom stereocenters. The van der Waals surface area contributed by atoms with Crippen molar-refractivity contribution in [2.75, 3.05) is 0 Å². The molecule has 2 aliphatic rings. The number of hydrogen-bond donors (Lipinski definition) is 0. The zero-order valence-electron chi connectivity index (χ0n) is 7.26. The first-order chi connectivity index (χ1) is 5.22. The number of fused-ring (bicyclic) bond motifs is 1. The van der Waals surface area contributed by atoms with Crippen molar-refractivity contribution >= 4 is 5.71 Å². The summed E-state index contributed by atoms with van der Waals surface area (Å²) >= 11 is 0. The molecule has 1 heterocycles. The quantitative estimate of drug-likeness (QED) is 0.523. The molecular formula is C9H15NO. The Hall–Kier alpha value is -0.530. The lowest BCUT2D eigenvalue weighted by Crippen LogP contribution is -2.37. The minimum atomic E-state index is 0.0579. The van der Waals surface area contributed by atoms with E-state index in [0.29, 0.717) is 5.92 Å². The Labute approximate surface area is 67.6 Å². The van der Waals surface area contributed by atoms with Crippen molar-refractivity contribution in [3.63, 3.8) is 0 Å². The van der Waals surface area contributed by atoms with Gasteiger partial charge < -0.3 is 4.84 Å². The third kappa shape index (κ3) is 0.959. The Morgan fingerprint density at radius 3 is 3.09 bits per heavy atom. The standard InChI is InChI=1S/C9H15NO/c1-7-8-5-3-4-6-9(8,2)11-10-7/h8H,3-6H2,1-2H3/t8?,9-/m1/s1. The van der Waals surface area contributed by atoms with E-state index >= 15 is 0 Å². The van der Waals surface area contributed by atoms with Crippen LogP contribution in [0.1, 0.15) is 39.5 Å². The van der Waals surface area contributed by atoms with Crippen LogP contribution >= 0.6 is 0 Å². The fourth-order valence-electron chi connectivity index (χ4n) is 2.30. The molecule has 1 fully saturated rings. The molecule has 1 aliphatic heterocycles. The van der Waals surface area contributed by atoms with Gasteiger partial charge >= 0.3 is 0 Å². The van der Waals surface area contributed by atoms with E-state index in [9.17, 15) is 0 Å². The normalized spacial score (nSPS) is 42.7. The lowest BCUT2D eigenvalue weighted by atomic mass is 9.75. The Kier molecular flexibility index (Phi) is 1.44. The zero-order chi connectivity index (χ0) is 7.90. The van der Waals surface area contributed by atoms with Crippen LogP contribution in [0.15, 0.2) is 5.16 Å². The van der Waals surface area contributed by atoms with Gasteiger partial charge in [-0.05, 0) is 33.1 Å². The van der Waals surface area contributed by atoms with E-state index in [1.807, 2.05) is 0 Å². The van der Waals surface area contributed by atoms with Gasteiger partial charge in [-0.2, -0.15) is 0 Å². The SMILES string of the molecule is CC1=NO[C@]2(C)CCCCC12. The van der Waals surface area contributed by atoms with Gasteiger partial charge in [-0.15, -0.1) is 0 Å². The van der Waals surface area contributed by atoms with E-state index in [1.165, 1.54) is 31.4 Å². The van der Waals surface area contributed by atoms with Crippen LogP contribution in [0.2, 0.25) is 0 Å². The molecule has 0 bridgehead atoms. The van der Waals surface area contributed by atoms with E-state index in [2.05, 4.69) is 19.0 Å². The number of nitrogens with zero attached hydrogens (tertiary/aromatic N) is 1. The molecular weight excluding hydrogens is 138 g/mol. The van der Waals surface area contributed by atoms with Gasteiger partial charge in [0.25, 0.3) is 0 Å². The van der Waals surface area contributed by atoms with Gasteiger partial charge in [0.2, 0.25) is 0 Å². The van der Waals surface area contributed by atoms with Gasteiger partial charge in [-0.1, -0.05) is 11.6 Å². The van der Waals surface area contributed by atoms with E-state index < -0.39 is 0 Å². The molecule has 2 rings (SSSR count). The minimum absolute atomic E-state index is 0.0579. The van der Waals surface area contributed by atoms with Gasteiger partial charge in [0.1, 0.15) is 5.60 Å². The molecule has 2 heteroatoms. The molecule has 11 heavy (non-hydrogen) atoms. The van der Waals surface area contributed by atoms with E-state index in [-0.39, 0.29) is 5.60 Å². The third-order valence-corrected chi connectivity index (χ3v) is 3.06. The van der Waals surface area contributed by atoms with Crippen LogP contribution in [0.4, 0.5) is 0 Å². The first-order valence-corrected chi connectivity index (χ1v) is 4.45. The smallest absolute Gasteiger partial charge is 0.143 e. The molecule has 0 N–H and O–H groups in total. The second kappa shape index (κ2) is 2.23. The van der Waals surface area contributed by atoms with Crippen LogP contribution in [0.3, 0.4) is 0 Å². The Bertz CT molecular complexity index is 200. The van der Waals surface area contributed by atoms with Crippen molar-refractivity contribution in [3.8, 4) is 0 Å².